The van der Waals surface area contributed by atoms with Gasteiger partial charge in [0.15, 0.2) is 0 Å². The molecule has 2 aliphatic heterocycles. The number of nitrogens with one attached hydrogen (secondary N) is 2. The lowest BCUT2D eigenvalue weighted by molar-refractivity contribution is -0.123. The van der Waals surface area contributed by atoms with Crippen molar-refractivity contribution in [1.82, 2.24) is 10.6 Å². The molecule has 1 aromatic carbocycles. The number of hydrogen-bond donors (Lipinski definition) is 2. The van der Waals surface area contributed by atoms with Crippen molar-refractivity contribution < 1.29 is 9.53 Å². The molecule has 3 rings (SSSR count). The van der Waals surface area contributed by atoms with Crippen LogP contribution < -0.4 is 15.4 Å². The molecule has 0 aliphatic carbocycles. The van der Waals surface area contributed by atoms with E-state index in [1.807, 2.05) is 6.07 Å². The van der Waals surface area contributed by atoms with Crippen LogP contribution in [0.15, 0.2) is 12.1 Å². The van der Waals surface area contributed by atoms with Crippen molar-refractivity contribution >= 4 is 5.91 Å². The zero-order valence-electron chi connectivity index (χ0n) is 13.8. The summed E-state index contributed by atoms with van der Waals surface area (Å²) in [4.78, 5) is 12.6. The fourth-order valence-electron chi connectivity index (χ4n) is 3.32. The summed E-state index contributed by atoms with van der Waals surface area (Å²) in [5.74, 6) is 0.803. The first-order chi connectivity index (χ1) is 10.5. The number of amides is 1. The van der Waals surface area contributed by atoms with Gasteiger partial charge >= 0.3 is 0 Å². The molecular formula is C18H26N2O2. The molecule has 1 amide bonds. The molecule has 120 valence electrons. The number of rotatable bonds is 3. The molecule has 0 radical (unpaired) electrons. The van der Waals surface area contributed by atoms with E-state index in [0.717, 1.165) is 43.8 Å². The third kappa shape index (κ3) is 2.98. The van der Waals surface area contributed by atoms with Crippen molar-refractivity contribution in [3.63, 3.8) is 0 Å². The quantitative estimate of drug-likeness (QED) is 0.900. The zero-order valence-corrected chi connectivity index (χ0v) is 13.8. The van der Waals surface area contributed by atoms with Gasteiger partial charge in [-0.15, -0.1) is 0 Å². The van der Waals surface area contributed by atoms with Crippen molar-refractivity contribution in [3.8, 4) is 5.75 Å². The molecule has 1 saturated heterocycles. The monoisotopic (exact) mass is 302 g/mol. The summed E-state index contributed by atoms with van der Waals surface area (Å²) >= 11 is 0. The molecule has 0 bridgehead atoms. The maximum absolute atomic E-state index is 12.6. The van der Waals surface area contributed by atoms with Crippen molar-refractivity contribution in [2.24, 2.45) is 5.41 Å². The lowest BCUT2D eigenvalue weighted by Gasteiger charge is -2.34. The number of hydrogen-bond acceptors (Lipinski definition) is 3. The van der Waals surface area contributed by atoms with Crippen LogP contribution in [0.25, 0.3) is 0 Å². The summed E-state index contributed by atoms with van der Waals surface area (Å²) in [5.41, 5.74) is 3.68. The summed E-state index contributed by atoms with van der Waals surface area (Å²) in [7, 11) is 0. The van der Waals surface area contributed by atoms with Crippen molar-refractivity contribution in [2.75, 3.05) is 26.2 Å². The fourth-order valence-corrected chi connectivity index (χ4v) is 3.32. The van der Waals surface area contributed by atoms with Gasteiger partial charge in [-0.05, 0) is 62.4 Å². The van der Waals surface area contributed by atoms with Crippen LogP contribution in [-0.2, 0) is 4.79 Å². The summed E-state index contributed by atoms with van der Waals surface area (Å²) in [6.45, 7) is 9.72. The largest absolute Gasteiger partial charge is 0.492 e. The molecule has 1 aromatic rings. The Balaban J connectivity index is 1.66. The molecule has 1 fully saturated rings. The maximum atomic E-state index is 12.6. The van der Waals surface area contributed by atoms with Gasteiger partial charge in [0.25, 0.3) is 0 Å². The van der Waals surface area contributed by atoms with E-state index in [4.69, 9.17) is 4.74 Å². The molecule has 1 unspecified atom stereocenters. The Morgan fingerprint density at radius 1 is 1.32 bits per heavy atom. The van der Waals surface area contributed by atoms with Crippen LogP contribution in [0.2, 0.25) is 0 Å². The third-order valence-corrected chi connectivity index (χ3v) is 5.22. The Kier molecular flexibility index (Phi) is 4.13. The maximum Gasteiger partial charge on any atom is 0.231 e. The molecule has 0 saturated carbocycles. The van der Waals surface area contributed by atoms with Gasteiger partial charge in [-0.1, -0.05) is 13.0 Å². The molecule has 22 heavy (non-hydrogen) atoms. The SMILES string of the molecule is Cc1cc2c(cc1C)C(C(=O)NCC1(C)CCNCC1)CO2. The zero-order chi connectivity index (χ0) is 15.7. The van der Waals surface area contributed by atoms with E-state index >= 15 is 0 Å². The summed E-state index contributed by atoms with van der Waals surface area (Å²) in [6, 6.07) is 4.15. The normalized spacial score (nSPS) is 22.8. The Morgan fingerprint density at radius 2 is 2.00 bits per heavy atom. The van der Waals surface area contributed by atoms with Crippen molar-refractivity contribution in [2.45, 2.75) is 39.5 Å². The second-order valence-electron chi connectivity index (χ2n) is 7.12. The minimum atomic E-state index is -0.167. The molecular weight excluding hydrogens is 276 g/mol. The molecule has 0 aromatic heterocycles. The van der Waals surface area contributed by atoms with Gasteiger partial charge in [-0.25, -0.2) is 0 Å². The topological polar surface area (TPSA) is 50.4 Å². The average molecular weight is 302 g/mol. The van der Waals surface area contributed by atoms with Gasteiger partial charge in [-0.3, -0.25) is 4.79 Å². The number of carbonyl (C=O) groups excluding carboxylic acids is 1. The molecule has 4 nitrogen and oxygen atoms in total. The van der Waals surface area contributed by atoms with Crippen LogP contribution in [0.1, 0.15) is 42.4 Å². The minimum absolute atomic E-state index is 0.0989. The Labute approximate surface area is 132 Å². The Bertz CT molecular complexity index is 577. The average Bonchev–Trinajstić information content (AvgIpc) is 2.89. The van der Waals surface area contributed by atoms with E-state index in [0.29, 0.717) is 6.61 Å². The van der Waals surface area contributed by atoms with E-state index < -0.39 is 0 Å². The number of benzene rings is 1. The van der Waals surface area contributed by atoms with E-state index in [1.54, 1.807) is 0 Å². The fraction of sp³-hybridized carbons (Fsp3) is 0.611. The highest BCUT2D eigenvalue weighted by Gasteiger charge is 2.33. The summed E-state index contributed by atoms with van der Waals surface area (Å²) in [6.07, 6.45) is 2.23. The van der Waals surface area contributed by atoms with Crippen molar-refractivity contribution in [1.29, 1.82) is 0 Å². The predicted octanol–water partition coefficient (Wildman–Crippen LogP) is 2.29. The highest BCUT2D eigenvalue weighted by Crippen LogP contribution is 2.36. The van der Waals surface area contributed by atoms with E-state index in [2.05, 4.69) is 37.5 Å². The predicted molar refractivity (Wildman–Crippen MR) is 87.4 cm³/mol. The summed E-state index contributed by atoms with van der Waals surface area (Å²) < 4.78 is 5.71. The van der Waals surface area contributed by atoms with Gasteiger partial charge in [0.05, 0.1) is 0 Å². The molecule has 2 N–H and O–H groups in total. The lowest BCUT2D eigenvalue weighted by Crippen LogP contribution is -2.44. The van der Waals surface area contributed by atoms with Gasteiger partial charge in [-0.2, -0.15) is 0 Å². The van der Waals surface area contributed by atoms with Gasteiger partial charge in [0, 0.05) is 12.1 Å². The first kappa shape index (κ1) is 15.3. The Morgan fingerprint density at radius 3 is 2.73 bits per heavy atom. The second-order valence-corrected chi connectivity index (χ2v) is 7.12. The second kappa shape index (κ2) is 5.92. The van der Waals surface area contributed by atoms with Gasteiger partial charge in [0.2, 0.25) is 5.91 Å². The summed E-state index contributed by atoms with van der Waals surface area (Å²) in [5, 5.41) is 6.54. The number of aryl methyl sites for hydroxylation is 2. The van der Waals surface area contributed by atoms with Gasteiger partial charge < -0.3 is 15.4 Å². The molecule has 4 heteroatoms. The molecule has 0 spiro atoms. The smallest absolute Gasteiger partial charge is 0.231 e. The van der Waals surface area contributed by atoms with Crippen molar-refractivity contribution in [3.05, 3.63) is 28.8 Å². The lowest BCUT2D eigenvalue weighted by atomic mass is 9.81. The number of ether oxygens (including phenoxy) is 1. The number of carbonyl (C=O) groups is 1. The minimum Gasteiger partial charge on any atom is -0.492 e. The third-order valence-electron chi connectivity index (χ3n) is 5.22. The first-order valence-electron chi connectivity index (χ1n) is 8.21. The molecule has 2 aliphatic rings. The highest BCUT2D eigenvalue weighted by atomic mass is 16.5. The van der Waals surface area contributed by atoms with Gasteiger partial charge in [0.1, 0.15) is 18.3 Å². The number of piperidine rings is 1. The van der Waals surface area contributed by atoms with Crippen LogP contribution >= 0.6 is 0 Å². The van der Waals surface area contributed by atoms with E-state index in [9.17, 15) is 4.79 Å². The molecule has 1 atom stereocenters. The van der Waals surface area contributed by atoms with Crippen LogP contribution in [0.3, 0.4) is 0 Å². The van der Waals surface area contributed by atoms with E-state index in [-0.39, 0.29) is 17.2 Å². The standard InChI is InChI=1S/C18H26N2O2/c1-12-8-14-15(10-22-16(14)9-13(12)2)17(21)20-11-18(3)4-6-19-7-5-18/h8-9,15,19H,4-7,10-11H2,1-3H3,(H,20,21). The van der Waals surface area contributed by atoms with Crippen LogP contribution in [0.5, 0.6) is 5.75 Å². The number of fused-ring (bicyclic) bond motifs is 1. The van der Waals surface area contributed by atoms with E-state index in [1.165, 1.54) is 11.1 Å². The first-order valence-corrected chi connectivity index (χ1v) is 8.21. The van der Waals surface area contributed by atoms with Crippen LogP contribution in [-0.4, -0.2) is 32.1 Å². The highest BCUT2D eigenvalue weighted by molar-refractivity contribution is 5.85. The molecule has 2 heterocycles. The van der Waals surface area contributed by atoms with Crippen LogP contribution in [0, 0.1) is 19.3 Å². The van der Waals surface area contributed by atoms with Crippen LogP contribution in [0.4, 0.5) is 0 Å². The Hall–Kier alpha value is -1.55.